The van der Waals surface area contributed by atoms with Gasteiger partial charge in [-0.05, 0) is 55.5 Å². The highest BCUT2D eigenvalue weighted by Gasteiger charge is 2.49. The fourth-order valence-corrected chi connectivity index (χ4v) is 6.52. The van der Waals surface area contributed by atoms with Crippen LogP contribution in [0.2, 0.25) is 5.02 Å². The molecular formula is C35H52Cl2N2O2. The fourth-order valence-electron chi connectivity index (χ4n) is 6.33. The summed E-state index contributed by atoms with van der Waals surface area (Å²) in [6.07, 6.45) is 11.0. The number of hydrogen-bond acceptors (Lipinski definition) is 3. The van der Waals surface area contributed by atoms with E-state index in [1.165, 1.54) is 38.5 Å². The number of benzene rings is 2. The molecule has 0 bridgehead atoms. The van der Waals surface area contributed by atoms with E-state index in [-0.39, 0.29) is 78.3 Å². The SMILES string of the molecule is [2H]c1c([2H])c([2H])c([C@@H]2C[C@@H](N3CC[N@+](COC(=O)CCCCCCCCCCC)(C([2H])([2H])[2H])C(C)(C)C3)c3cc(Cl)ccc32)c([2H])c1[2H].[Cl-]. The van der Waals surface area contributed by atoms with Crippen LogP contribution in [0, 0.1) is 0 Å². The molecule has 0 spiro atoms. The van der Waals surface area contributed by atoms with Crippen molar-refractivity contribution >= 4 is 17.6 Å². The molecule has 1 heterocycles. The van der Waals surface area contributed by atoms with Gasteiger partial charge >= 0.3 is 5.97 Å². The van der Waals surface area contributed by atoms with Crippen LogP contribution in [0.5, 0.6) is 0 Å². The Bertz CT molecular complexity index is 1430. The predicted octanol–water partition coefficient (Wildman–Crippen LogP) is 5.88. The van der Waals surface area contributed by atoms with Gasteiger partial charge in [-0.25, -0.2) is 0 Å². The number of esters is 1. The van der Waals surface area contributed by atoms with Gasteiger partial charge in [-0.1, -0.05) is 106 Å². The van der Waals surface area contributed by atoms with Crippen LogP contribution in [0.4, 0.5) is 0 Å². The van der Waals surface area contributed by atoms with Crippen LogP contribution in [0.15, 0.2) is 48.4 Å². The summed E-state index contributed by atoms with van der Waals surface area (Å²) < 4.78 is 73.0. The number of unbranched alkanes of at least 4 members (excludes halogenated alkanes) is 8. The molecule has 4 nitrogen and oxygen atoms in total. The first-order valence-corrected chi connectivity index (χ1v) is 15.6. The highest BCUT2D eigenvalue weighted by Crippen LogP contribution is 2.48. The number of carbonyl (C=O) groups excluding carboxylic acids is 1. The summed E-state index contributed by atoms with van der Waals surface area (Å²) in [7, 11) is 0. The van der Waals surface area contributed by atoms with Gasteiger partial charge in [0.2, 0.25) is 6.73 Å². The van der Waals surface area contributed by atoms with Crippen molar-refractivity contribution in [3.63, 3.8) is 0 Å². The van der Waals surface area contributed by atoms with Gasteiger partial charge in [-0.15, -0.1) is 0 Å². The average Bonchev–Trinajstić information content (AvgIpc) is 3.38. The lowest BCUT2D eigenvalue weighted by atomic mass is 9.92. The Labute approximate surface area is 272 Å². The van der Waals surface area contributed by atoms with Crippen LogP contribution in [-0.2, 0) is 9.53 Å². The van der Waals surface area contributed by atoms with Crippen molar-refractivity contribution in [3.05, 3.63) is 70.1 Å². The molecule has 3 atom stereocenters. The topological polar surface area (TPSA) is 29.5 Å². The third-order valence-electron chi connectivity index (χ3n) is 9.00. The van der Waals surface area contributed by atoms with Crippen molar-refractivity contribution in [2.45, 2.75) is 109 Å². The summed E-state index contributed by atoms with van der Waals surface area (Å²) in [5.74, 6) is -0.816. The zero-order valence-electron chi connectivity index (χ0n) is 33.0. The van der Waals surface area contributed by atoms with E-state index in [9.17, 15) is 4.79 Å². The van der Waals surface area contributed by atoms with Crippen molar-refractivity contribution in [2.75, 3.05) is 33.3 Å². The summed E-state index contributed by atoms with van der Waals surface area (Å²) in [6.45, 7) is 4.36. The van der Waals surface area contributed by atoms with Crippen molar-refractivity contribution in [2.24, 2.45) is 0 Å². The highest BCUT2D eigenvalue weighted by molar-refractivity contribution is 6.30. The Morgan fingerprint density at radius 2 is 1.76 bits per heavy atom. The third kappa shape index (κ3) is 8.72. The second kappa shape index (κ2) is 15.8. The van der Waals surface area contributed by atoms with E-state index >= 15 is 0 Å². The van der Waals surface area contributed by atoms with Crippen molar-refractivity contribution in [1.29, 1.82) is 0 Å². The molecule has 1 aliphatic carbocycles. The lowest BCUT2D eigenvalue weighted by Crippen LogP contribution is -3.00. The van der Waals surface area contributed by atoms with Crippen LogP contribution >= 0.6 is 11.6 Å². The van der Waals surface area contributed by atoms with E-state index in [0.29, 0.717) is 24.5 Å². The molecule has 0 N–H and O–H groups in total. The number of carbonyl (C=O) groups is 1. The van der Waals surface area contributed by atoms with Gasteiger partial charge in [-0.2, -0.15) is 0 Å². The number of hydrogen-bond donors (Lipinski definition) is 0. The smallest absolute Gasteiger partial charge is 0.310 e. The number of rotatable bonds is 14. The van der Waals surface area contributed by atoms with Crippen molar-refractivity contribution in [1.82, 2.24) is 4.90 Å². The van der Waals surface area contributed by atoms with Crippen LogP contribution in [0.25, 0.3) is 0 Å². The number of quaternary nitrogens is 1. The van der Waals surface area contributed by atoms with E-state index in [1.54, 1.807) is 6.07 Å². The molecule has 1 fully saturated rings. The van der Waals surface area contributed by atoms with Crippen LogP contribution in [-0.4, -0.2) is 54.2 Å². The summed E-state index contributed by atoms with van der Waals surface area (Å²) in [5, 5.41) is 0.531. The quantitative estimate of drug-likeness (QED) is 0.152. The first-order chi connectivity index (χ1) is 22.6. The van der Waals surface area contributed by atoms with Gasteiger partial charge in [0.25, 0.3) is 0 Å². The van der Waals surface area contributed by atoms with Crippen LogP contribution in [0.3, 0.4) is 0 Å². The molecule has 2 aromatic carbocycles. The standard InChI is InChI=1S/C35H52ClN2O2.ClH/c1-5-6-7-8-9-10-11-12-16-19-34(39)40-27-38(4)23-22-37(26-35(38,2)3)33-25-31(28-17-14-13-15-18-28)30-21-20-29(36)24-32(30)33;/h13-15,17-18,20-21,24,31,33H,5-12,16,19,22-23,25-27H2,1-4H3;1H/q+1;/p-1/t31-,33+,38-;/m0./s1/i4D3,13D,14D,15D,17D,18D;. The van der Waals surface area contributed by atoms with Gasteiger partial charge in [0.1, 0.15) is 5.54 Å². The molecule has 0 unspecified atom stereocenters. The lowest BCUT2D eigenvalue weighted by molar-refractivity contribution is -0.974. The van der Waals surface area contributed by atoms with Gasteiger partial charge in [0.05, 0.1) is 31.0 Å². The minimum absolute atomic E-state index is 0. The molecule has 1 saturated heterocycles. The molecule has 1 aliphatic heterocycles. The molecule has 2 aliphatic rings. The normalized spacial score (nSPS) is 26.6. The first-order valence-electron chi connectivity index (χ1n) is 19.2. The zero-order chi connectivity index (χ0) is 35.4. The Hall–Kier alpha value is -1.59. The Kier molecular flexibility index (Phi) is 9.15. The van der Waals surface area contributed by atoms with E-state index in [0.717, 1.165) is 30.4 Å². The predicted molar refractivity (Wildman–Crippen MR) is 167 cm³/mol. The number of halogens is 2. The molecule has 0 radical (unpaired) electrons. The molecule has 228 valence electrons. The monoisotopic (exact) mass is 610 g/mol. The molecule has 2 aromatic rings. The van der Waals surface area contributed by atoms with E-state index < -0.39 is 24.5 Å². The highest BCUT2D eigenvalue weighted by atomic mass is 35.5. The summed E-state index contributed by atoms with van der Waals surface area (Å²) in [4.78, 5) is 15.0. The number of ether oxygens (including phenoxy) is 1. The number of fused-ring (bicyclic) bond motifs is 1. The Morgan fingerprint density at radius 3 is 2.41 bits per heavy atom. The second-order valence-electron chi connectivity index (χ2n) is 12.3. The zero-order valence-corrected chi connectivity index (χ0v) is 26.5. The van der Waals surface area contributed by atoms with Crippen LogP contribution < -0.4 is 12.4 Å². The molecule has 6 heteroatoms. The fraction of sp³-hybridized carbons (Fsp3) is 0.629. The second-order valence-corrected chi connectivity index (χ2v) is 12.8. The van der Waals surface area contributed by atoms with E-state index in [2.05, 4.69) is 11.8 Å². The number of likely N-dealkylation sites (N-methyl/N-ethyl adjacent to an activating group) is 1. The summed E-state index contributed by atoms with van der Waals surface area (Å²) in [6, 6.07) is 3.70. The molecule has 41 heavy (non-hydrogen) atoms. The molecule has 4 rings (SSSR count). The molecule has 0 amide bonds. The van der Waals surface area contributed by atoms with Crippen LogP contribution in [0.1, 0.15) is 131 Å². The summed E-state index contributed by atoms with van der Waals surface area (Å²) >= 11 is 6.47. The maximum Gasteiger partial charge on any atom is 0.310 e. The Balaban J connectivity index is 0.00000650. The largest absolute Gasteiger partial charge is 1.00 e. The minimum Gasteiger partial charge on any atom is -1.00 e. The van der Waals surface area contributed by atoms with Gasteiger partial charge < -0.3 is 17.1 Å². The molecular weight excluding hydrogens is 551 g/mol. The molecule has 0 saturated carbocycles. The third-order valence-corrected chi connectivity index (χ3v) is 9.23. The maximum absolute atomic E-state index is 12.8. The van der Waals surface area contributed by atoms with Gasteiger partial charge in [0.15, 0.2) is 0 Å². The number of piperazine rings is 1. The van der Waals surface area contributed by atoms with E-state index in [1.807, 2.05) is 26.0 Å². The van der Waals surface area contributed by atoms with E-state index in [4.69, 9.17) is 27.3 Å². The van der Waals surface area contributed by atoms with Gasteiger partial charge in [0, 0.05) is 29.9 Å². The lowest BCUT2D eigenvalue weighted by Gasteiger charge is -2.53. The Morgan fingerprint density at radius 1 is 1.07 bits per heavy atom. The first kappa shape index (κ1) is 23.8. The minimum atomic E-state index is -2.43. The van der Waals surface area contributed by atoms with Gasteiger partial charge in [-0.3, -0.25) is 14.2 Å². The summed E-state index contributed by atoms with van der Waals surface area (Å²) in [5.41, 5.74) is 1.19. The van der Waals surface area contributed by atoms with Crippen molar-refractivity contribution < 1.29 is 37.4 Å². The van der Waals surface area contributed by atoms with Crippen molar-refractivity contribution in [3.8, 4) is 0 Å². The number of nitrogens with zero attached hydrogens (tertiary/aromatic N) is 2. The average molecular weight is 612 g/mol. The molecule has 0 aromatic heterocycles. The maximum atomic E-state index is 12.8.